The zero-order chi connectivity index (χ0) is 11.9. The Balaban J connectivity index is 1.68. The molecular weight excluding hydrogens is 248 g/mol. The van der Waals surface area contributed by atoms with Crippen molar-refractivity contribution in [1.82, 2.24) is 15.0 Å². The third-order valence-corrected chi connectivity index (χ3v) is 4.23. The van der Waals surface area contributed by atoms with Gasteiger partial charge in [0.25, 0.3) is 0 Å². The summed E-state index contributed by atoms with van der Waals surface area (Å²) in [6, 6.07) is 2.45. The van der Waals surface area contributed by atoms with Crippen molar-refractivity contribution in [3.05, 3.63) is 23.8 Å². The van der Waals surface area contributed by atoms with Crippen molar-refractivity contribution in [2.75, 3.05) is 18.1 Å². The fourth-order valence-electron chi connectivity index (χ4n) is 2.63. The molecule has 2 aromatic heterocycles. The molecule has 4 heterocycles. The summed E-state index contributed by atoms with van der Waals surface area (Å²) < 4.78 is 5.61. The summed E-state index contributed by atoms with van der Waals surface area (Å²) in [6.45, 7) is 1.76. The summed E-state index contributed by atoms with van der Waals surface area (Å²) in [7, 11) is 0. The molecule has 18 heavy (non-hydrogen) atoms. The minimum Gasteiger partial charge on any atom is -0.374 e. The van der Waals surface area contributed by atoms with E-state index in [0.29, 0.717) is 18.0 Å². The average Bonchev–Trinajstić information content (AvgIpc) is 3.15. The quantitative estimate of drug-likeness (QED) is 0.820. The van der Waals surface area contributed by atoms with Gasteiger partial charge in [-0.05, 0) is 12.5 Å². The van der Waals surface area contributed by atoms with Crippen LogP contribution in [0.15, 0.2) is 23.8 Å². The number of thiazole rings is 1. The van der Waals surface area contributed by atoms with E-state index >= 15 is 0 Å². The number of anilines is 1. The molecule has 6 heteroatoms. The van der Waals surface area contributed by atoms with E-state index in [1.165, 1.54) is 0 Å². The van der Waals surface area contributed by atoms with Crippen molar-refractivity contribution < 1.29 is 4.74 Å². The maximum Gasteiger partial charge on any atom is 0.190 e. The van der Waals surface area contributed by atoms with Crippen molar-refractivity contribution >= 4 is 17.2 Å². The second-order valence-electron chi connectivity index (χ2n) is 4.57. The van der Waals surface area contributed by atoms with Crippen LogP contribution < -0.4 is 4.90 Å². The minimum absolute atomic E-state index is 0.383. The molecule has 92 valence electrons. The lowest BCUT2D eigenvalue weighted by atomic mass is 10.2. The first-order valence-corrected chi connectivity index (χ1v) is 6.89. The molecule has 2 aliphatic rings. The Morgan fingerprint density at radius 1 is 1.33 bits per heavy atom. The largest absolute Gasteiger partial charge is 0.374 e. The monoisotopic (exact) mass is 260 g/mol. The first kappa shape index (κ1) is 10.4. The molecule has 2 saturated heterocycles. The van der Waals surface area contributed by atoms with Crippen molar-refractivity contribution in [2.24, 2.45) is 0 Å². The number of morpholine rings is 1. The molecular formula is C12H12N4OS. The second-order valence-corrected chi connectivity index (χ2v) is 5.47. The van der Waals surface area contributed by atoms with Gasteiger partial charge in [-0.2, -0.15) is 0 Å². The standard InChI is InChI=1S/C12H12N4OS/c1-2-13-11(12-14-3-4-18-12)15-10(1)16-6-9-5-8(16)7-17-9/h1-4,8-9H,5-7H2/t8-,9-/m0/s1. The van der Waals surface area contributed by atoms with Gasteiger partial charge < -0.3 is 9.64 Å². The fraction of sp³-hybridized carbons (Fsp3) is 0.417. The molecule has 0 aliphatic carbocycles. The SMILES string of the molecule is c1cc(N2C[C@@H]3C[C@H]2CO3)nc(-c2nccs2)n1. The van der Waals surface area contributed by atoms with Gasteiger partial charge >= 0.3 is 0 Å². The Labute approximate surface area is 108 Å². The number of hydrogen-bond donors (Lipinski definition) is 0. The van der Waals surface area contributed by atoms with E-state index in [1.807, 2.05) is 17.6 Å². The van der Waals surface area contributed by atoms with Crippen LogP contribution in [0.3, 0.4) is 0 Å². The Kier molecular flexibility index (Phi) is 2.31. The summed E-state index contributed by atoms with van der Waals surface area (Å²) in [4.78, 5) is 15.5. The molecule has 0 saturated carbocycles. The molecule has 2 aromatic rings. The lowest BCUT2D eigenvalue weighted by Crippen LogP contribution is -2.37. The van der Waals surface area contributed by atoms with Crippen molar-refractivity contribution in [1.29, 1.82) is 0 Å². The van der Waals surface area contributed by atoms with Gasteiger partial charge in [0.15, 0.2) is 10.8 Å². The molecule has 4 rings (SSSR count). The van der Waals surface area contributed by atoms with E-state index in [1.54, 1.807) is 17.5 Å². The topological polar surface area (TPSA) is 51.1 Å². The van der Waals surface area contributed by atoms with Gasteiger partial charge in [0, 0.05) is 24.3 Å². The number of fused-ring (bicyclic) bond motifs is 2. The first-order chi connectivity index (χ1) is 8.90. The van der Waals surface area contributed by atoms with Crippen LogP contribution in [0.25, 0.3) is 10.8 Å². The molecule has 2 fully saturated rings. The normalized spacial score (nSPS) is 25.9. The van der Waals surface area contributed by atoms with Crippen molar-refractivity contribution in [2.45, 2.75) is 18.6 Å². The highest BCUT2D eigenvalue weighted by Crippen LogP contribution is 2.32. The van der Waals surface area contributed by atoms with Crippen molar-refractivity contribution in [3.8, 4) is 10.8 Å². The molecule has 0 aromatic carbocycles. The van der Waals surface area contributed by atoms with Gasteiger partial charge in [-0.15, -0.1) is 11.3 Å². The Morgan fingerprint density at radius 2 is 2.33 bits per heavy atom. The van der Waals surface area contributed by atoms with E-state index in [-0.39, 0.29) is 0 Å². The van der Waals surface area contributed by atoms with E-state index in [4.69, 9.17) is 4.74 Å². The van der Waals surface area contributed by atoms with Gasteiger partial charge in [-0.25, -0.2) is 15.0 Å². The molecule has 0 amide bonds. The van der Waals surface area contributed by atoms with Gasteiger partial charge in [-0.1, -0.05) is 0 Å². The molecule has 0 radical (unpaired) electrons. The van der Waals surface area contributed by atoms with Crippen LogP contribution in [0.4, 0.5) is 5.82 Å². The number of rotatable bonds is 2. The summed E-state index contributed by atoms with van der Waals surface area (Å²) >= 11 is 1.56. The highest BCUT2D eigenvalue weighted by molar-refractivity contribution is 7.12. The summed E-state index contributed by atoms with van der Waals surface area (Å²) in [6.07, 6.45) is 5.10. The highest BCUT2D eigenvalue weighted by atomic mass is 32.1. The van der Waals surface area contributed by atoms with E-state index in [9.17, 15) is 0 Å². The van der Waals surface area contributed by atoms with Crippen LogP contribution in [0.2, 0.25) is 0 Å². The second kappa shape index (κ2) is 4.00. The molecule has 2 bridgehead atoms. The lowest BCUT2D eigenvalue weighted by Gasteiger charge is -2.27. The predicted molar refractivity (Wildman–Crippen MR) is 68.6 cm³/mol. The molecule has 2 atom stereocenters. The Bertz CT molecular complexity index is 559. The lowest BCUT2D eigenvalue weighted by molar-refractivity contribution is 0.0989. The smallest absolute Gasteiger partial charge is 0.190 e. The zero-order valence-electron chi connectivity index (χ0n) is 9.69. The van der Waals surface area contributed by atoms with Crippen LogP contribution in [-0.4, -0.2) is 40.2 Å². The molecule has 0 N–H and O–H groups in total. The number of hydrogen-bond acceptors (Lipinski definition) is 6. The number of nitrogens with zero attached hydrogens (tertiary/aromatic N) is 4. The number of aromatic nitrogens is 3. The van der Waals surface area contributed by atoms with Gasteiger partial charge in [0.05, 0.1) is 18.8 Å². The summed E-state index contributed by atoms with van der Waals surface area (Å²) in [5, 5.41) is 2.81. The van der Waals surface area contributed by atoms with Crippen molar-refractivity contribution in [3.63, 3.8) is 0 Å². The van der Waals surface area contributed by atoms with Crippen LogP contribution >= 0.6 is 11.3 Å². The van der Waals surface area contributed by atoms with Gasteiger partial charge in [0.1, 0.15) is 5.82 Å². The van der Waals surface area contributed by atoms with E-state index in [2.05, 4.69) is 19.9 Å². The van der Waals surface area contributed by atoms with Gasteiger partial charge in [0.2, 0.25) is 0 Å². The average molecular weight is 260 g/mol. The summed E-state index contributed by atoms with van der Waals surface area (Å²) in [5.74, 6) is 1.71. The third-order valence-electron chi connectivity index (χ3n) is 3.46. The van der Waals surface area contributed by atoms with Crippen LogP contribution in [0.5, 0.6) is 0 Å². The maximum atomic E-state index is 5.61. The molecule has 0 unspecified atom stereocenters. The predicted octanol–water partition coefficient (Wildman–Crippen LogP) is 1.58. The third kappa shape index (κ3) is 1.60. The van der Waals surface area contributed by atoms with E-state index in [0.717, 1.165) is 30.4 Å². The first-order valence-electron chi connectivity index (χ1n) is 6.01. The fourth-order valence-corrected chi connectivity index (χ4v) is 3.20. The molecule has 2 aliphatic heterocycles. The Hall–Kier alpha value is -1.53. The number of ether oxygens (including phenoxy) is 1. The highest BCUT2D eigenvalue weighted by Gasteiger charge is 2.39. The minimum atomic E-state index is 0.383. The summed E-state index contributed by atoms with van der Waals surface area (Å²) in [5.41, 5.74) is 0. The van der Waals surface area contributed by atoms with Crippen LogP contribution in [0.1, 0.15) is 6.42 Å². The molecule has 0 spiro atoms. The zero-order valence-corrected chi connectivity index (χ0v) is 10.5. The maximum absolute atomic E-state index is 5.61. The van der Waals surface area contributed by atoms with Gasteiger partial charge in [-0.3, -0.25) is 0 Å². The molecule has 5 nitrogen and oxygen atoms in total. The van der Waals surface area contributed by atoms with Crippen LogP contribution in [0, 0.1) is 0 Å². The van der Waals surface area contributed by atoms with E-state index < -0.39 is 0 Å². The Morgan fingerprint density at radius 3 is 3.06 bits per heavy atom. The van der Waals surface area contributed by atoms with Crippen LogP contribution in [-0.2, 0) is 4.74 Å².